The molecule has 0 saturated carbocycles. The van der Waals surface area contributed by atoms with E-state index in [1.54, 1.807) is 12.1 Å². The summed E-state index contributed by atoms with van der Waals surface area (Å²) in [7, 11) is -1.46. The first-order chi connectivity index (χ1) is 20.5. The van der Waals surface area contributed by atoms with E-state index in [2.05, 4.69) is 58.4 Å². The zero-order valence-electron chi connectivity index (χ0n) is 22.4. The van der Waals surface area contributed by atoms with Crippen molar-refractivity contribution >= 4 is 72.4 Å². The summed E-state index contributed by atoms with van der Waals surface area (Å²) in [6.45, 7) is 0. The zero-order chi connectivity index (χ0) is 28.6. The maximum atomic E-state index is 9.32. The maximum absolute atomic E-state index is 9.32. The average Bonchev–Trinajstić information content (AvgIpc) is 3.59. The quantitative estimate of drug-likeness (QED) is 0.196. The summed E-state index contributed by atoms with van der Waals surface area (Å²) in [5.74, 6) is 0. The first kappa shape index (κ1) is 26.3. The smallest absolute Gasteiger partial charge is 0.456 e. The van der Waals surface area contributed by atoms with Crippen LogP contribution in [0.1, 0.15) is 0 Å². The van der Waals surface area contributed by atoms with Gasteiger partial charge in [0.05, 0.1) is 0 Å². The molecular weight excluding hydrogens is 587 g/mol. The van der Waals surface area contributed by atoms with Crippen LogP contribution in [-0.2, 0) is 0 Å². The van der Waals surface area contributed by atoms with Crippen molar-refractivity contribution in [1.29, 1.82) is 0 Å². The van der Waals surface area contributed by atoms with Gasteiger partial charge in [-0.05, 0) is 76.2 Å². The topological polar surface area (TPSA) is 66.7 Å². The van der Waals surface area contributed by atoms with Crippen molar-refractivity contribution in [3.8, 4) is 22.3 Å². The van der Waals surface area contributed by atoms with E-state index >= 15 is 0 Å². The number of benzene rings is 6. The molecule has 0 amide bonds. The van der Waals surface area contributed by atoms with E-state index in [1.807, 2.05) is 78.9 Å². The summed E-state index contributed by atoms with van der Waals surface area (Å²) in [4.78, 5) is 0. The number of furan rings is 2. The van der Waals surface area contributed by atoms with Crippen molar-refractivity contribution in [3.05, 3.63) is 138 Å². The normalized spacial score (nSPS) is 11.2. The monoisotopic (exact) mass is 610 g/mol. The lowest BCUT2D eigenvalue weighted by Crippen LogP contribution is -2.29. The van der Waals surface area contributed by atoms with Crippen LogP contribution in [0.2, 0.25) is 0 Å². The Bertz CT molecular complexity index is 2210. The van der Waals surface area contributed by atoms with Crippen LogP contribution < -0.4 is 5.46 Å². The summed E-state index contributed by atoms with van der Waals surface area (Å²) in [5.41, 5.74) is 8.43. The molecule has 4 nitrogen and oxygen atoms in total. The molecule has 0 aliphatic heterocycles. The van der Waals surface area contributed by atoms with Crippen molar-refractivity contribution in [3.63, 3.8) is 0 Å². The number of hydrogen-bond acceptors (Lipinski definition) is 4. The first-order valence-corrected chi connectivity index (χ1v) is 14.4. The molecule has 0 fully saturated rings. The second-order valence-corrected chi connectivity index (χ2v) is 11.0. The number of halogens is 1. The van der Waals surface area contributed by atoms with Crippen molar-refractivity contribution in [1.82, 2.24) is 0 Å². The van der Waals surface area contributed by atoms with Crippen LogP contribution in [0.3, 0.4) is 0 Å². The van der Waals surface area contributed by atoms with Crippen molar-refractivity contribution in [2.75, 3.05) is 0 Å². The van der Waals surface area contributed by atoms with Gasteiger partial charge in [0.1, 0.15) is 22.3 Å². The van der Waals surface area contributed by atoms with Crippen LogP contribution in [0.15, 0.2) is 147 Å². The Morgan fingerprint density at radius 2 is 0.905 bits per heavy atom. The van der Waals surface area contributed by atoms with Gasteiger partial charge < -0.3 is 18.9 Å². The summed E-state index contributed by atoms with van der Waals surface area (Å²) in [6.07, 6.45) is 0. The molecule has 0 atom stereocenters. The molecule has 2 aromatic heterocycles. The Balaban J connectivity index is 0.000000138. The second kappa shape index (κ2) is 11.0. The van der Waals surface area contributed by atoms with E-state index in [1.165, 1.54) is 16.5 Å². The van der Waals surface area contributed by atoms with Crippen molar-refractivity contribution < 1.29 is 18.9 Å². The summed E-state index contributed by atoms with van der Waals surface area (Å²) < 4.78 is 12.8. The lowest BCUT2D eigenvalue weighted by atomic mass is 9.79. The van der Waals surface area contributed by atoms with Gasteiger partial charge in [-0.15, -0.1) is 0 Å². The number of para-hydroxylation sites is 2. The van der Waals surface area contributed by atoms with Gasteiger partial charge in [0.15, 0.2) is 0 Å². The van der Waals surface area contributed by atoms with Crippen LogP contribution in [0.5, 0.6) is 0 Å². The summed E-state index contributed by atoms with van der Waals surface area (Å²) in [5, 5.41) is 23.1. The highest BCUT2D eigenvalue weighted by Crippen LogP contribution is 2.34. The molecule has 202 valence electrons. The molecule has 0 unspecified atom stereocenters. The molecule has 0 radical (unpaired) electrons. The van der Waals surface area contributed by atoms with Gasteiger partial charge in [-0.25, -0.2) is 0 Å². The van der Waals surface area contributed by atoms with E-state index in [0.29, 0.717) is 5.46 Å². The van der Waals surface area contributed by atoms with Crippen LogP contribution in [0, 0.1) is 0 Å². The van der Waals surface area contributed by atoms with Crippen molar-refractivity contribution in [2.45, 2.75) is 0 Å². The van der Waals surface area contributed by atoms with Crippen LogP contribution in [-0.4, -0.2) is 17.2 Å². The average molecular weight is 611 g/mol. The zero-order valence-corrected chi connectivity index (χ0v) is 24.0. The molecule has 6 aromatic carbocycles. The van der Waals surface area contributed by atoms with Crippen LogP contribution in [0.4, 0.5) is 0 Å². The predicted octanol–water partition coefficient (Wildman–Crippen LogP) is 8.95. The van der Waals surface area contributed by atoms with Crippen LogP contribution >= 0.6 is 15.9 Å². The predicted molar refractivity (Wildman–Crippen MR) is 176 cm³/mol. The standard InChI is InChI=1S/C18H13BO3.C18H11BrO/c20-19(21)14-5-3-4-12(10-14)13-8-9-18-16(11-13)15-6-1-2-7-17(15)22-18;19-14-5-3-4-12(10-14)13-8-9-18-16(11-13)15-6-1-2-7-17(15)20-18/h1-11,20-21H;1-11H. The minimum Gasteiger partial charge on any atom is -0.456 e. The Morgan fingerprint density at radius 1 is 0.429 bits per heavy atom. The Kier molecular flexibility index (Phi) is 6.88. The highest BCUT2D eigenvalue weighted by atomic mass is 79.9. The fourth-order valence-corrected chi connectivity index (χ4v) is 5.76. The van der Waals surface area contributed by atoms with E-state index in [4.69, 9.17) is 8.83 Å². The van der Waals surface area contributed by atoms with E-state index in [-0.39, 0.29) is 0 Å². The third kappa shape index (κ3) is 5.01. The fourth-order valence-electron chi connectivity index (χ4n) is 5.36. The van der Waals surface area contributed by atoms with Gasteiger partial charge in [0.2, 0.25) is 0 Å². The van der Waals surface area contributed by atoms with Gasteiger partial charge in [-0.3, -0.25) is 0 Å². The Hall–Kier alpha value is -4.62. The lowest BCUT2D eigenvalue weighted by molar-refractivity contribution is 0.426. The maximum Gasteiger partial charge on any atom is 0.488 e. The van der Waals surface area contributed by atoms with E-state index in [0.717, 1.165) is 54.1 Å². The van der Waals surface area contributed by atoms with Gasteiger partial charge in [0, 0.05) is 26.0 Å². The summed E-state index contributed by atoms with van der Waals surface area (Å²) in [6, 6.07) is 44.0. The molecule has 8 rings (SSSR count). The second-order valence-electron chi connectivity index (χ2n) is 10.1. The van der Waals surface area contributed by atoms with E-state index in [9.17, 15) is 10.0 Å². The Morgan fingerprint density at radius 3 is 1.45 bits per heavy atom. The molecular formula is C36H24BBrO4. The van der Waals surface area contributed by atoms with Crippen LogP contribution in [0.25, 0.3) is 66.1 Å². The minimum absolute atomic E-state index is 0.481. The molecule has 0 aliphatic carbocycles. The third-order valence-corrected chi connectivity index (χ3v) is 7.92. The molecule has 0 spiro atoms. The van der Waals surface area contributed by atoms with Gasteiger partial charge >= 0.3 is 7.12 Å². The highest BCUT2D eigenvalue weighted by molar-refractivity contribution is 9.10. The molecule has 8 aromatic rings. The largest absolute Gasteiger partial charge is 0.488 e. The molecule has 6 heteroatoms. The minimum atomic E-state index is -1.46. The molecule has 2 heterocycles. The van der Waals surface area contributed by atoms with Crippen molar-refractivity contribution in [2.24, 2.45) is 0 Å². The van der Waals surface area contributed by atoms with Gasteiger partial charge in [-0.1, -0.05) is 101 Å². The number of hydrogen-bond donors (Lipinski definition) is 2. The molecule has 2 N–H and O–H groups in total. The van der Waals surface area contributed by atoms with E-state index < -0.39 is 7.12 Å². The highest BCUT2D eigenvalue weighted by Gasteiger charge is 2.13. The van der Waals surface area contributed by atoms with Gasteiger partial charge in [-0.2, -0.15) is 0 Å². The number of rotatable bonds is 3. The summed E-state index contributed by atoms with van der Waals surface area (Å²) >= 11 is 3.52. The first-order valence-electron chi connectivity index (χ1n) is 13.6. The van der Waals surface area contributed by atoms with Gasteiger partial charge in [0.25, 0.3) is 0 Å². The lowest BCUT2D eigenvalue weighted by Gasteiger charge is -2.05. The fraction of sp³-hybridized carbons (Fsp3) is 0. The molecule has 0 aliphatic rings. The molecule has 0 saturated heterocycles. The molecule has 42 heavy (non-hydrogen) atoms. The number of fused-ring (bicyclic) bond motifs is 6. The molecule has 0 bridgehead atoms. The third-order valence-electron chi connectivity index (χ3n) is 7.43. The Labute approximate surface area is 250 Å². The SMILES string of the molecule is Brc1cccc(-c2ccc3oc4ccccc4c3c2)c1.OB(O)c1cccc(-c2ccc3oc4ccccc4c3c2)c1.